The molecule has 1 amide bonds. The number of nitrogens with zero attached hydrogens (tertiary/aromatic N) is 3. The molecular weight excluding hydrogens is 270 g/mol. The van der Waals surface area contributed by atoms with Crippen LogP contribution in [0.1, 0.15) is 24.2 Å². The summed E-state index contributed by atoms with van der Waals surface area (Å²) in [6.45, 7) is 5.88. The zero-order valence-electron chi connectivity index (χ0n) is 12.2. The molecule has 1 saturated heterocycles. The largest absolute Gasteiger partial charge is 0.508 e. The minimum atomic E-state index is -0.553. The van der Waals surface area contributed by atoms with E-state index in [0.29, 0.717) is 26.2 Å². The van der Waals surface area contributed by atoms with Gasteiger partial charge in [-0.25, -0.2) is 0 Å². The van der Waals surface area contributed by atoms with E-state index in [0.717, 1.165) is 0 Å². The first kappa shape index (κ1) is 15.1. The molecule has 0 spiro atoms. The van der Waals surface area contributed by atoms with Gasteiger partial charge in [0.2, 0.25) is 0 Å². The number of hydrogen-bond donors (Lipinski definition) is 2. The van der Waals surface area contributed by atoms with Gasteiger partial charge in [0.1, 0.15) is 17.0 Å². The highest BCUT2D eigenvalue weighted by Gasteiger charge is 2.31. The molecule has 0 saturated carbocycles. The van der Waals surface area contributed by atoms with Gasteiger partial charge in [-0.3, -0.25) is 9.69 Å². The SMILES string of the molecule is CC(C)(C#N)N1CCN(C(=O)c2cc(O)ccc2O)CC1. The first-order valence-corrected chi connectivity index (χ1v) is 6.83. The maximum absolute atomic E-state index is 12.4. The van der Waals surface area contributed by atoms with E-state index >= 15 is 0 Å². The Kier molecular flexibility index (Phi) is 4.05. The molecule has 6 nitrogen and oxygen atoms in total. The third-order valence-electron chi connectivity index (χ3n) is 3.84. The molecule has 21 heavy (non-hydrogen) atoms. The number of benzene rings is 1. The van der Waals surface area contributed by atoms with E-state index < -0.39 is 5.54 Å². The summed E-state index contributed by atoms with van der Waals surface area (Å²) in [5, 5.41) is 28.3. The van der Waals surface area contributed by atoms with Crippen molar-refractivity contribution in [3.8, 4) is 17.6 Å². The molecule has 1 fully saturated rings. The van der Waals surface area contributed by atoms with Crippen LogP contribution in [0.3, 0.4) is 0 Å². The number of nitriles is 1. The molecule has 0 unspecified atom stereocenters. The number of phenols is 2. The van der Waals surface area contributed by atoms with Gasteiger partial charge in [0.25, 0.3) is 5.91 Å². The molecule has 112 valence electrons. The van der Waals surface area contributed by atoms with Gasteiger partial charge in [0.15, 0.2) is 0 Å². The average Bonchev–Trinajstić information content (AvgIpc) is 2.49. The molecule has 0 bridgehead atoms. The minimum absolute atomic E-state index is 0.0552. The summed E-state index contributed by atoms with van der Waals surface area (Å²) in [4.78, 5) is 16.0. The van der Waals surface area contributed by atoms with E-state index in [1.54, 1.807) is 4.90 Å². The highest BCUT2D eigenvalue weighted by atomic mass is 16.3. The molecule has 1 aliphatic rings. The topological polar surface area (TPSA) is 87.8 Å². The summed E-state index contributed by atoms with van der Waals surface area (Å²) >= 11 is 0. The number of amides is 1. The lowest BCUT2D eigenvalue weighted by Crippen LogP contribution is -2.55. The molecular formula is C15H19N3O3. The molecule has 6 heteroatoms. The molecule has 0 atom stereocenters. The summed E-state index contributed by atoms with van der Waals surface area (Å²) in [5.74, 6) is -0.504. The highest BCUT2D eigenvalue weighted by Crippen LogP contribution is 2.24. The number of carbonyl (C=O) groups is 1. The van der Waals surface area contributed by atoms with Crippen LogP contribution in [0.25, 0.3) is 0 Å². The van der Waals surface area contributed by atoms with Gasteiger partial charge in [-0.15, -0.1) is 0 Å². The Hall–Kier alpha value is -2.26. The van der Waals surface area contributed by atoms with Crippen molar-refractivity contribution in [2.24, 2.45) is 0 Å². The molecule has 1 aliphatic heterocycles. The predicted octanol–water partition coefficient (Wildman–Crippen LogP) is 1.16. The van der Waals surface area contributed by atoms with E-state index in [1.807, 2.05) is 18.7 Å². The fraction of sp³-hybridized carbons (Fsp3) is 0.467. The first-order chi connectivity index (χ1) is 9.85. The Morgan fingerprint density at radius 1 is 1.24 bits per heavy atom. The predicted molar refractivity (Wildman–Crippen MR) is 76.9 cm³/mol. The number of hydrogen-bond acceptors (Lipinski definition) is 5. The third-order valence-corrected chi connectivity index (χ3v) is 3.84. The van der Waals surface area contributed by atoms with E-state index in [1.165, 1.54) is 18.2 Å². The van der Waals surface area contributed by atoms with Gasteiger partial charge < -0.3 is 15.1 Å². The van der Waals surface area contributed by atoms with Crippen molar-refractivity contribution in [3.63, 3.8) is 0 Å². The summed E-state index contributed by atoms with van der Waals surface area (Å²) in [5.41, 5.74) is -0.453. The van der Waals surface area contributed by atoms with Crippen LogP contribution in [-0.2, 0) is 0 Å². The average molecular weight is 289 g/mol. The van der Waals surface area contributed by atoms with Gasteiger partial charge in [-0.2, -0.15) is 5.26 Å². The second-order valence-corrected chi connectivity index (χ2v) is 5.65. The van der Waals surface area contributed by atoms with Crippen LogP contribution in [0.2, 0.25) is 0 Å². The molecule has 0 aromatic heterocycles. The third kappa shape index (κ3) is 3.09. The Balaban J connectivity index is 2.07. The Morgan fingerprint density at radius 2 is 1.86 bits per heavy atom. The lowest BCUT2D eigenvalue weighted by molar-refractivity contribution is 0.0518. The second-order valence-electron chi connectivity index (χ2n) is 5.65. The van der Waals surface area contributed by atoms with Crippen molar-refractivity contribution in [2.45, 2.75) is 19.4 Å². The van der Waals surface area contributed by atoms with E-state index in [4.69, 9.17) is 5.26 Å². The Labute approximate surface area is 123 Å². The number of piperazine rings is 1. The smallest absolute Gasteiger partial charge is 0.257 e. The molecule has 2 N–H and O–H groups in total. The molecule has 0 aliphatic carbocycles. The number of aromatic hydroxyl groups is 2. The van der Waals surface area contributed by atoms with Crippen molar-refractivity contribution in [2.75, 3.05) is 26.2 Å². The lowest BCUT2D eigenvalue weighted by atomic mass is 10.0. The number of rotatable bonds is 2. The van der Waals surface area contributed by atoms with Gasteiger partial charge >= 0.3 is 0 Å². The van der Waals surface area contributed by atoms with E-state index in [-0.39, 0.29) is 23.0 Å². The van der Waals surface area contributed by atoms with Crippen LogP contribution in [0.4, 0.5) is 0 Å². The van der Waals surface area contributed by atoms with Crippen LogP contribution in [-0.4, -0.2) is 57.6 Å². The second kappa shape index (κ2) is 5.62. The van der Waals surface area contributed by atoms with Gasteiger partial charge in [-0.1, -0.05) is 0 Å². The zero-order valence-corrected chi connectivity index (χ0v) is 12.2. The van der Waals surface area contributed by atoms with Crippen molar-refractivity contribution in [1.29, 1.82) is 5.26 Å². The summed E-state index contributed by atoms with van der Waals surface area (Å²) < 4.78 is 0. The Bertz CT molecular complexity index is 584. The van der Waals surface area contributed by atoms with Gasteiger partial charge in [-0.05, 0) is 32.0 Å². The normalized spacial score (nSPS) is 16.5. The van der Waals surface area contributed by atoms with Crippen molar-refractivity contribution in [3.05, 3.63) is 23.8 Å². The lowest BCUT2D eigenvalue weighted by Gasteiger charge is -2.40. The number of phenolic OH excluding ortho intramolecular Hbond substituents is 2. The summed E-state index contributed by atoms with van der Waals surface area (Å²) in [7, 11) is 0. The van der Waals surface area contributed by atoms with Crippen molar-refractivity contribution >= 4 is 5.91 Å². The minimum Gasteiger partial charge on any atom is -0.508 e. The maximum atomic E-state index is 12.4. The van der Waals surface area contributed by atoms with E-state index in [2.05, 4.69) is 6.07 Å². The maximum Gasteiger partial charge on any atom is 0.257 e. The van der Waals surface area contributed by atoms with Crippen LogP contribution < -0.4 is 0 Å². The highest BCUT2D eigenvalue weighted by molar-refractivity contribution is 5.97. The number of carbonyl (C=O) groups excluding carboxylic acids is 1. The van der Waals surface area contributed by atoms with Crippen LogP contribution >= 0.6 is 0 Å². The molecule has 1 aromatic rings. The summed E-state index contributed by atoms with van der Waals surface area (Å²) in [6.07, 6.45) is 0. The quantitative estimate of drug-likeness (QED) is 0.798. The molecule has 2 rings (SSSR count). The standard InChI is InChI=1S/C15H19N3O3/c1-15(2,10-16)18-7-5-17(6-8-18)14(21)12-9-11(19)3-4-13(12)20/h3-4,9,19-20H,5-8H2,1-2H3. The first-order valence-electron chi connectivity index (χ1n) is 6.83. The van der Waals surface area contributed by atoms with Crippen molar-refractivity contribution in [1.82, 2.24) is 9.80 Å². The van der Waals surface area contributed by atoms with Crippen LogP contribution in [0.5, 0.6) is 11.5 Å². The van der Waals surface area contributed by atoms with Gasteiger partial charge in [0, 0.05) is 26.2 Å². The van der Waals surface area contributed by atoms with Crippen molar-refractivity contribution < 1.29 is 15.0 Å². The fourth-order valence-electron chi connectivity index (χ4n) is 2.40. The van der Waals surface area contributed by atoms with Crippen LogP contribution in [0.15, 0.2) is 18.2 Å². The monoisotopic (exact) mass is 289 g/mol. The molecule has 0 radical (unpaired) electrons. The zero-order chi connectivity index (χ0) is 15.6. The van der Waals surface area contributed by atoms with E-state index in [9.17, 15) is 15.0 Å². The van der Waals surface area contributed by atoms with Gasteiger partial charge in [0.05, 0.1) is 11.6 Å². The Morgan fingerprint density at radius 3 is 2.43 bits per heavy atom. The van der Waals surface area contributed by atoms with Crippen LogP contribution in [0, 0.1) is 11.3 Å². The molecule has 1 heterocycles. The fourth-order valence-corrected chi connectivity index (χ4v) is 2.40. The summed E-state index contributed by atoms with van der Waals surface area (Å²) in [6, 6.07) is 6.16. The molecule has 1 aromatic carbocycles.